The molecular weight excluding hydrogens is 362 g/mol. The summed E-state index contributed by atoms with van der Waals surface area (Å²) in [7, 11) is 1.41. The number of carbonyl (C=O) groups is 1. The van der Waals surface area contributed by atoms with E-state index in [2.05, 4.69) is 17.5 Å². The second kappa shape index (κ2) is 10.7. The summed E-state index contributed by atoms with van der Waals surface area (Å²) >= 11 is 0. The van der Waals surface area contributed by atoms with E-state index < -0.39 is 4.92 Å². The van der Waals surface area contributed by atoms with Crippen molar-refractivity contribution in [2.45, 2.75) is 26.2 Å². The molecule has 2 aromatic rings. The van der Waals surface area contributed by atoms with Crippen molar-refractivity contribution in [2.75, 3.05) is 13.7 Å². The molecule has 0 aliphatic rings. The van der Waals surface area contributed by atoms with E-state index in [0.29, 0.717) is 17.7 Å². The Labute approximate surface area is 163 Å². The van der Waals surface area contributed by atoms with Gasteiger partial charge in [0.1, 0.15) is 0 Å². The zero-order valence-corrected chi connectivity index (χ0v) is 15.9. The zero-order chi connectivity index (χ0) is 20.4. The molecule has 8 heteroatoms. The summed E-state index contributed by atoms with van der Waals surface area (Å²) in [6, 6.07) is 11.5. The van der Waals surface area contributed by atoms with Gasteiger partial charge in [0.25, 0.3) is 5.91 Å². The van der Waals surface area contributed by atoms with E-state index in [0.717, 1.165) is 19.3 Å². The quantitative estimate of drug-likeness (QED) is 0.289. The number of hydrogen-bond donors (Lipinski definition) is 1. The van der Waals surface area contributed by atoms with Crippen LogP contribution in [0.2, 0.25) is 0 Å². The maximum atomic E-state index is 12.0. The molecule has 2 rings (SSSR count). The van der Waals surface area contributed by atoms with Crippen molar-refractivity contribution in [1.29, 1.82) is 0 Å². The van der Waals surface area contributed by atoms with Gasteiger partial charge in [-0.15, -0.1) is 0 Å². The minimum atomic E-state index is -0.530. The Kier molecular flexibility index (Phi) is 7.95. The molecule has 28 heavy (non-hydrogen) atoms. The molecule has 0 aromatic heterocycles. The van der Waals surface area contributed by atoms with Gasteiger partial charge in [-0.3, -0.25) is 14.9 Å². The van der Waals surface area contributed by atoms with E-state index in [-0.39, 0.29) is 23.1 Å². The highest BCUT2D eigenvalue weighted by Gasteiger charge is 2.22. The topological polar surface area (TPSA) is 103 Å². The number of nitro benzene ring substituents is 1. The van der Waals surface area contributed by atoms with Gasteiger partial charge in [-0.2, -0.15) is 5.10 Å². The third kappa shape index (κ3) is 5.80. The van der Waals surface area contributed by atoms with Crippen LogP contribution in [0.15, 0.2) is 47.6 Å². The van der Waals surface area contributed by atoms with Crippen LogP contribution >= 0.6 is 0 Å². The first-order valence-corrected chi connectivity index (χ1v) is 8.94. The lowest BCUT2D eigenvalue weighted by molar-refractivity contribution is -0.386. The van der Waals surface area contributed by atoms with Gasteiger partial charge in [-0.25, -0.2) is 5.43 Å². The Morgan fingerprint density at radius 1 is 1.25 bits per heavy atom. The number of rotatable bonds is 10. The molecule has 148 valence electrons. The lowest BCUT2D eigenvalue weighted by Crippen LogP contribution is -2.17. The van der Waals surface area contributed by atoms with Gasteiger partial charge in [-0.05, 0) is 24.6 Å². The fourth-order valence-electron chi connectivity index (χ4n) is 2.46. The van der Waals surface area contributed by atoms with Crippen LogP contribution in [0.3, 0.4) is 0 Å². The van der Waals surface area contributed by atoms with Crippen LogP contribution in [0, 0.1) is 10.1 Å². The van der Waals surface area contributed by atoms with E-state index in [4.69, 9.17) is 9.47 Å². The number of benzene rings is 2. The van der Waals surface area contributed by atoms with Crippen molar-refractivity contribution in [2.24, 2.45) is 5.10 Å². The van der Waals surface area contributed by atoms with Crippen LogP contribution in [0.25, 0.3) is 0 Å². The molecule has 0 bridgehead atoms. The fraction of sp³-hybridized carbons (Fsp3) is 0.300. The molecule has 0 spiro atoms. The van der Waals surface area contributed by atoms with Crippen LogP contribution < -0.4 is 14.9 Å². The summed E-state index contributed by atoms with van der Waals surface area (Å²) in [5.41, 5.74) is 3.03. The van der Waals surface area contributed by atoms with Gasteiger partial charge in [0.05, 0.1) is 24.9 Å². The van der Waals surface area contributed by atoms with Crippen molar-refractivity contribution in [1.82, 2.24) is 5.43 Å². The highest BCUT2D eigenvalue weighted by atomic mass is 16.6. The summed E-state index contributed by atoms with van der Waals surface area (Å²) in [5, 5.41) is 15.3. The Morgan fingerprint density at radius 2 is 2.00 bits per heavy atom. The fourth-order valence-corrected chi connectivity index (χ4v) is 2.46. The third-order valence-electron chi connectivity index (χ3n) is 3.88. The lowest BCUT2D eigenvalue weighted by Gasteiger charge is -2.11. The molecule has 0 unspecified atom stereocenters. The highest BCUT2D eigenvalue weighted by molar-refractivity contribution is 5.95. The van der Waals surface area contributed by atoms with Crippen molar-refractivity contribution in [3.63, 3.8) is 0 Å². The summed E-state index contributed by atoms with van der Waals surface area (Å²) < 4.78 is 10.8. The Morgan fingerprint density at radius 3 is 2.64 bits per heavy atom. The maximum absolute atomic E-state index is 12.0. The van der Waals surface area contributed by atoms with Crippen molar-refractivity contribution >= 4 is 17.8 Å². The summed E-state index contributed by atoms with van der Waals surface area (Å²) in [6.07, 6.45) is 4.11. The third-order valence-corrected chi connectivity index (χ3v) is 3.88. The van der Waals surface area contributed by atoms with Gasteiger partial charge < -0.3 is 9.47 Å². The van der Waals surface area contributed by atoms with E-state index in [1.54, 1.807) is 36.4 Å². The van der Waals surface area contributed by atoms with Gasteiger partial charge in [0.15, 0.2) is 5.75 Å². The van der Waals surface area contributed by atoms with E-state index in [1.807, 2.05) is 0 Å². The molecule has 1 N–H and O–H groups in total. The molecule has 0 saturated carbocycles. The Bertz CT molecular complexity index is 837. The first-order chi connectivity index (χ1) is 13.6. The molecular formula is C20H23N3O5. The number of ether oxygens (including phenoxy) is 2. The summed E-state index contributed by atoms with van der Waals surface area (Å²) in [5.74, 6) is -0.0511. The highest BCUT2D eigenvalue weighted by Crippen LogP contribution is 2.38. The van der Waals surface area contributed by atoms with Crippen LogP contribution in [0.4, 0.5) is 5.69 Å². The summed E-state index contributed by atoms with van der Waals surface area (Å²) in [4.78, 5) is 22.9. The van der Waals surface area contributed by atoms with Gasteiger partial charge in [0, 0.05) is 17.2 Å². The number of nitro groups is 1. The Hall–Kier alpha value is -3.42. The molecule has 0 saturated heterocycles. The molecule has 0 heterocycles. The molecule has 8 nitrogen and oxygen atoms in total. The van der Waals surface area contributed by atoms with E-state index >= 15 is 0 Å². The van der Waals surface area contributed by atoms with Crippen LogP contribution in [0.1, 0.15) is 42.1 Å². The normalized spacial score (nSPS) is 10.6. The van der Waals surface area contributed by atoms with Gasteiger partial charge in [-0.1, -0.05) is 38.0 Å². The Balaban J connectivity index is 2.17. The number of methoxy groups -OCH3 is 1. The minimum Gasteiger partial charge on any atom is -0.493 e. The average Bonchev–Trinajstić information content (AvgIpc) is 2.71. The number of nitrogens with one attached hydrogen (secondary N) is 1. The SMILES string of the molecule is CCCCCOc1c(OC)cc(/C=N/NC(=O)c2ccccc2)cc1[N+](=O)[O-]. The summed E-state index contributed by atoms with van der Waals surface area (Å²) in [6.45, 7) is 2.43. The molecule has 0 radical (unpaired) electrons. The monoisotopic (exact) mass is 385 g/mol. The first-order valence-electron chi connectivity index (χ1n) is 8.94. The molecule has 0 aliphatic heterocycles. The van der Waals surface area contributed by atoms with E-state index in [9.17, 15) is 14.9 Å². The van der Waals surface area contributed by atoms with E-state index in [1.165, 1.54) is 19.4 Å². The number of carbonyl (C=O) groups excluding carboxylic acids is 1. The second-order valence-corrected chi connectivity index (χ2v) is 5.95. The number of amides is 1. The standard InChI is InChI=1S/C20H23N3O5/c1-3-4-8-11-28-19-17(23(25)26)12-15(13-18(19)27-2)14-21-22-20(24)16-9-6-5-7-10-16/h5-7,9-10,12-14H,3-4,8,11H2,1-2H3,(H,22,24)/b21-14+. The largest absolute Gasteiger partial charge is 0.493 e. The minimum absolute atomic E-state index is 0.0917. The molecule has 2 aromatic carbocycles. The van der Waals surface area contributed by atoms with Gasteiger partial charge >= 0.3 is 5.69 Å². The molecule has 0 atom stereocenters. The van der Waals surface area contributed by atoms with Crippen LogP contribution in [0.5, 0.6) is 11.5 Å². The molecule has 0 aliphatic carbocycles. The van der Waals surface area contributed by atoms with Crippen LogP contribution in [-0.2, 0) is 0 Å². The lowest BCUT2D eigenvalue weighted by atomic mass is 10.2. The smallest absolute Gasteiger partial charge is 0.315 e. The van der Waals surface area contributed by atoms with Crippen molar-refractivity contribution in [3.8, 4) is 11.5 Å². The maximum Gasteiger partial charge on any atom is 0.315 e. The van der Waals surface area contributed by atoms with Crippen LogP contribution in [-0.4, -0.2) is 30.8 Å². The number of hydrogen-bond acceptors (Lipinski definition) is 6. The first kappa shape index (κ1) is 20.9. The average molecular weight is 385 g/mol. The second-order valence-electron chi connectivity index (χ2n) is 5.95. The number of nitrogens with zero attached hydrogens (tertiary/aromatic N) is 2. The zero-order valence-electron chi connectivity index (χ0n) is 15.9. The molecule has 0 fully saturated rings. The van der Waals surface area contributed by atoms with Gasteiger partial charge in [0.2, 0.25) is 5.75 Å². The predicted octanol–water partition coefficient (Wildman–Crippen LogP) is 3.94. The predicted molar refractivity (Wildman–Crippen MR) is 106 cm³/mol. The molecule has 1 amide bonds. The van der Waals surface area contributed by atoms with Crippen molar-refractivity contribution < 1.29 is 19.2 Å². The number of unbranched alkanes of at least 4 members (excludes halogenated alkanes) is 2. The number of hydrazone groups is 1. The van der Waals surface area contributed by atoms with Crippen molar-refractivity contribution in [3.05, 3.63) is 63.7 Å².